The maximum absolute atomic E-state index is 4.55. The Balaban J connectivity index is 1.89. The smallest absolute Gasteiger partial charge is 0.147 e. The van der Waals surface area contributed by atoms with Crippen LogP contribution in [-0.4, -0.2) is 29.6 Å². The van der Waals surface area contributed by atoms with Gasteiger partial charge in [-0.3, -0.25) is 4.98 Å². The molecule has 0 bridgehead atoms. The van der Waals surface area contributed by atoms with Crippen LogP contribution < -0.4 is 10.2 Å². The van der Waals surface area contributed by atoms with Crippen LogP contribution in [0.5, 0.6) is 0 Å². The Hall–Kier alpha value is -1.16. The Morgan fingerprint density at radius 1 is 1.26 bits per heavy atom. The fraction of sp³-hybridized carbons (Fsp3) is 0.733. The number of hydrogen-bond donors (Lipinski definition) is 1. The minimum atomic E-state index is 0.802. The normalized spacial score (nSPS) is 17.2. The molecule has 0 amide bonds. The van der Waals surface area contributed by atoms with Crippen molar-refractivity contribution in [2.75, 3.05) is 24.5 Å². The van der Waals surface area contributed by atoms with E-state index >= 15 is 0 Å². The predicted octanol–water partition coefficient (Wildman–Crippen LogP) is 2.46. The summed E-state index contributed by atoms with van der Waals surface area (Å²) in [5.74, 6) is 2.70. The van der Waals surface area contributed by atoms with E-state index in [4.69, 9.17) is 0 Å². The summed E-state index contributed by atoms with van der Waals surface area (Å²) in [5, 5.41) is 3.27. The Bertz CT molecular complexity index is 366. The number of aromatic nitrogens is 2. The molecule has 1 aromatic rings. The van der Waals surface area contributed by atoms with Crippen LogP contribution in [0.2, 0.25) is 0 Å². The maximum atomic E-state index is 4.55. The molecule has 1 aromatic heterocycles. The number of hydrogen-bond acceptors (Lipinski definition) is 4. The Kier molecular flexibility index (Phi) is 5.14. The summed E-state index contributed by atoms with van der Waals surface area (Å²) in [5.41, 5.74) is 1.02. The van der Waals surface area contributed by atoms with Crippen molar-refractivity contribution in [3.63, 3.8) is 0 Å². The van der Waals surface area contributed by atoms with Gasteiger partial charge >= 0.3 is 0 Å². The molecule has 0 radical (unpaired) electrons. The second kappa shape index (κ2) is 6.85. The molecule has 2 rings (SSSR count). The standard InChI is InChI=1S/C15H26N4/c1-4-16-9-14-10-18-15(11-17-14)19-7-5-13(6-8-19)12(2)3/h10-13,16H,4-9H2,1-3H3. The highest BCUT2D eigenvalue weighted by molar-refractivity contribution is 5.36. The fourth-order valence-corrected chi connectivity index (χ4v) is 2.65. The molecule has 4 nitrogen and oxygen atoms in total. The minimum absolute atomic E-state index is 0.802. The number of nitrogens with one attached hydrogen (secondary N) is 1. The van der Waals surface area contributed by atoms with Gasteiger partial charge in [-0.05, 0) is 31.2 Å². The molecule has 0 spiro atoms. The van der Waals surface area contributed by atoms with Crippen LogP contribution in [-0.2, 0) is 6.54 Å². The Morgan fingerprint density at radius 3 is 2.53 bits per heavy atom. The van der Waals surface area contributed by atoms with Crippen LogP contribution in [0.15, 0.2) is 12.4 Å². The van der Waals surface area contributed by atoms with Crippen LogP contribution in [0, 0.1) is 11.8 Å². The highest BCUT2D eigenvalue weighted by Crippen LogP contribution is 2.26. The first-order valence-electron chi connectivity index (χ1n) is 7.47. The highest BCUT2D eigenvalue weighted by Gasteiger charge is 2.22. The van der Waals surface area contributed by atoms with Crippen molar-refractivity contribution < 1.29 is 0 Å². The average Bonchev–Trinajstić information content (AvgIpc) is 2.46. The van der Waals surface area contributed by atoms with Gasteiger partial charge in [0.15, 0.2) is 0 Å². The molecule has 1 N–H and O–H groups in total. The number of rotatable bonds is 5. The van der Waals surface area contributed by atoms with Crippen LogP contribution in [0.25, 0.3) is 0 Å². The van der Waals surface area contributed by atoms with Crippen molar-refractivity contribution in [2.24, 2.45) is 11.8 Å². The summed E-state index contributed by atoms with van der Waals surface area (Å²) >= 11 is 0. The molecule has 0 saturated carbocycles. The molecule has 1 aliphatic rings. The third-order valence-corrected chi connectivity index (χ3v) is 4.05. The summed E-state index contributed by atoms with van der Waals surface area (Å²) in [4.78, 5) is 11.4. The quantitative estimate of drug-likeness (QED) is 0.885. The first-order chi connectivity index (χ1) is 9.20. The topological polar surface area (TPSA) is 41.1 Å². The minimum Gasteiger partial charge on any atom is -0.355 e. The third kappa shape index (κ3) is 3.90. The van der Waals surface area contributed by atoms with Crippen LogP contribution in [0.3, 0.4) is 0 Å². The van der Waals surface area contributed by atoms with Gasteiger partial charge < -0.3 is 10.2 Å². The lowest BCUT2D eigenvalue weighted by molar-refractivity contribution is 0.310. The molecular weight excluding hydrogens is 236 g/mol. The summed E-state index contributed by atoms with van der Waals surface area (Å²) in [6, 6.07) is 0. The van der Waals surface area contributed by atoms with E-state index in [0.717, 1.165) is 49.5 Å². The maximum Gasteiger partial charge on any atom is 0.147 e. The van der Waals surface area contributed by atoms with E-state index in [2.05, 4.69) is 41.0 Å². The van der Waals surface area contributed by atoms with Crippen LogP contribution in [0.4, 0.5) is 5.82 Å². The van der Waals surface area contributed by atoms with Crippen molar-refractivity contribution in [1.82, 2.24) is 15.3 Å². The molecule has 0 atom stereocenters. The third-order valence-electron chi connectivity index (χ3n) is 4.05. The van der Waals surface area contributed by atoms with E-state index in [1.54, 1.807) is 0 Å². The van der Waals surface area contributed by atoms with Crippen molar-refractivity contribution >= 4 is 5.82 Å². The number of anilines is 1. The zero-order valence-corrected chi connectivity index (χ0v) is 12.4. The van der Waals surface area contributed by atoms with Gasteiger partial charge in [-0.2, -0.15) is 0 Å². The summed E-state index contributed by atoms with van der Waals surface area (Å²) in [6.45, 7) is 10.8. The monoisotopic (exact) mass is 262 g/mol. The highest BCUT2D eigenvalue weighted by atomic mass is 15.2. The first-order valence-corrected chi connectivity index (χ1v) is 7.47. The zero-order valence-electron chi connectivity index (χ0n) is 12.4. The van der Waals surface area contributed by atoms with Crippen molar-refractivity contribution in [3.05, 3.63) is 18.1 Å². The van der Waals surface area contributed by atoms with E-state index in [1.807, 2.05) is 12.4 Å². The predicted molar refractivity (Wildman–Crippen MR) is 79.2 cm³/mol. The summed E-state index contributed by atoms with van der Waals surface area (Å²) < 4.78 is 0. The van der Waals surface area contributed by atoms with Crippen molar-refractivity contribution in [3.8, 4) is 0 Å². The molecule has 19 heavy (non-hydrogen) atoms. The van der Waals surface area contributed by atoms with Gasteiger partial charge in [0.1, 0.15) is 5.82 Å². The van der Waals surface area contributed by atoms with E-state index in [1.165, 1.54) is 12.8 Å². The van der Waals surface area contributed by atoms with Crippen LogP contribution >= 0.6 is 0 Å². The molecule has 4 heteroatoms. The van der Waals surface area contributed by atoms with Crippen LogP contribution in [0.1, 0.15) is 39.3 Å². The Labute approximate surface area is 116 Å². The van der Waals surface area contributed by atoms with E-state index in [0.29, 0.717) is 0 Å². The van der Waals surface area contributed by atoms with E-state index in [-0.39, 0.29) is 0 Å². The summed E-state index contributed by atoms with van der Waals surface area (Å²) in [7, 11) is 0. The number of piperidine rings is 1. The molecule has 2 heterocycles. The molecule has 106 valence electrons. The molecule has 1 aliphatic heterocycles. The van der Waals surface area contributed by atoms with Gasteiger partial charge in [0.2, 0.25) is 0 Å². The van der Waals surface area contributed by atoms with Gasteiger partial charge in [0.25, 0.3) is 0 Å². The van der Waals surface area contributed by atoms with E-state index < -0.39 is 0 Å². The largest absolute Gasteiger partial charge is 0.355 e. The zero-order chi connectivity index (χ0) is 13.7. The SMILES string of the molecule is CCNCc1cnc(N2CCC(C(C)C)CC2)cn1. The molecule has 0 aliphatic carbocycles. The lowest BCUT2D eigenvalue weighted by atomic mass is 9.87. The summed E-state index contributed by atoms with van der Waals surface area (Å²) in [6.07, 6.45) is 6.37. The number of nitrogens with zero attached hydrogens (tertiary/aromatic N) is 3. The van der Waals surface area contributed by atoms with Gasteiger partial charge in [-0.25, -0.2) is 4.98 Å². The fourth-order valence-electron chi connectivity index (χ4n) is 2.65. The molecule has 1 saturated heterocycles. The molecule has 1 fully saturated rings. The van der Waals surface area contributed by atoms with Gasteiger partial charge in [0, 0.05) is 19.6 Å². The second-order valence-corrected chi connectivity index (χ2v) is 5.71. The first kappa shape index (κ1) is 14.3. The Morgan fingerprint density at radius 2 is 2.00 bits per heavy atom. The van der Waals surface area contributed by atoms with E-state index in [9.17, 15) is 0 Å². The molecule has 0 unspecified atom stereocenters. The second-order valence-electron chi connectivity index (χ2n) is 5.71. The van der Waals surface area contributed by atoms with Gasteiger partial charge in [-0.1, -0.05) is 20.8 Å². The molecular formula is C15H26N4. The van der Waals surface area contributed by atoms with Gasteiger partial charge in [-0.15, -0.1) is 0 Å². The lowest BCUT2D eigenvalue weighted by Crippen LogP contribution is -2.35. The molecule has 0 aromatic carbocycles. The average molecular weight is 262 g/mol. The lowest BCUT2D eigenvalue weighted by Gasteiger charge is -2.34. The van der Waals surface area contributed by atoms with Gasteiger partial charge in [0.05, 0.1) is 18.1 Å². The van der Waals surface area contributed by atoms with Crippen molar-refractivity contribution in [2.45, 2.75) is 40.2 Å². The van der Waals surface area contributed by atoms with Crippen molar-refractivity contribution in [1.29, 1.82) is 0 Å².